The van der Waals surface area contributed by atoms with E-state index in [4.69, 9.17) is 16.3 Å². The van der Waals surface area contributed by atoms with Crippen molar-refractivity contribution >= 4 is 39.1 Å². The number of rotatable bonds is 6. The maximum atomic E-state index is 12.7. The molecule has 140 valence electrons. The van der Waals surface area contributed by atoms with Gasteiger partial charge in [-0.2, -0.15) is 0 Å². The Labute approximate surface area is 164 Å². The van der Waals surface area contributed by atoms with E-state index in [9.17, 15) is 9.59 Å². The summed E-state index contributed by atoms with van der Waals surface area (Å²) in [5.41, 5.74) is 0.991. The molecule has 1 aromatic carbocycles. The quantitative estimate of drug-likeness (QED) is 0.642. The number of halogens is 1. The van der Waals surface area contributed by atoms with Gasteiger partial charge in [0.05, 0.1) is 18.3 Å². The molecule has 3 aromatic rings. The topological polar surface area (TPSA) is 73.2 Å². The molecule has 1 aliphatic carbocycles. The van der Waals surface area contributed by atoms with Crippen LogP contribution in [0.15, 0.2) is 35.4 Å². The predicted molar refractivity (Wildman–Crippen MR) is 106 cm³/mol. The highest BCUT2D eigenvalue weighted by Gasteiger charge is 2.21. The molecule has 0 saturated carbocycles. The molecule has 8 heteroatoms. The second-order valence-electron chi connectivity index (χ2n) is 6.37. The van der Waals surface area contributed by atoms with Gasteiger partial charge in [0.25, 0.3) is 5.56 Å². The second kappa shape index (κ2) is 7.70. The monoisotopic (exact) mass is 403 g/mol. The zero-order chi connectivity index (χ0) is 18.8. The Morgan fingerprint density at radius 3 is 2.93 bits per heavy atom. The third kappa shape index (κ3) is 3.84. The van der Waals surface area contributed by atoms with Crippen LogP contribution in [0.1, 0.15) is 16.9 Å². The number of carbonyl (C=O) groups is 1. The van der Waals surface area contributed by atoms with Gasteiger partial charge in [-0.25, -0.2) is 4.98 Å². The van der Waals surface area contributed by atoms with Gasteiger partial charge in [-0.05, 0) is 49.1 Å². The molecule has 2 aromatic heterocycles. The number of nitrogens with one attached hydrogen (secondary N) is 1. The van der Waals surface area contributed by atoms with E-state index in [0.717, 1.165) is 29.7 Å². The highest BCUT2D eigenvalue weighted by atomic mass is 35.5. The first-order valence-corrected chi connectivity index (χ1v) is 9.96. The number of carbonyl (C=O) groups excluding carboxylic acids is 1. The van der Waals surface area contributed by atoms with E-state index in [1.54, 1.807) is 35.6 Å². The molecule has 6 nitrogen and oxygen atoms in total. The summed E-state index contributed by atoms with van der Waals surface area (Å²) in [4.78, 5) is 31.3. The van der Waals surface area contributed by atoms with Crippen molar-refractivity contribution in [2.45, 2.75) is 25.8 Å². The van der Waals surface area contributed by atoms with Crippen molar-refractivity contribution in [3.05, 3.63) is 56.4 Å². The molecule has 0 radical (unpaired) electrons. The second-order valence-corrected chi connectivity index (χ2v) is 7.89. The van der Waals surface area contributed by atoms with Gasteiger partial charge in [0.2, 0.25) is 5.91 Å². The lowest BCUT2D eigenvalue weighted by Crippen LogP contribution is -2.34. The van der Waals surface area contributed by atoms with Gasteiger partial charge < -0.3 is 10.1 Å². The van der Waals surface area contributed by atoms with Gasteiger partial charge in [-0.1, -0.05) is 11.6 Å². The fourth-order valence-electron chi connectivity index (χ4n) is 3.23. The summed E-state index contributed by atoms with van der Waals surface area (Å²) < 4.78 is 6.91. The van der Waals surface area contributed by atoms with Crippen LogP contribution in [0.5, 0.6) is 5.75 Å². The maximum Gasteiger partial charge on any atom is 0.262 e. The minimum absolute atomic E-state index is 0.0483. The summed E-state index contributed by atoms with van der Waals surface area (Å²) in [5, 5.41) is 4.09. The maximum absolute atomic E-state index is 12.7. The number of thiophene rings is 1. The molecule has 0 aliphatic heterocycles. The fourth-order valence-corrected chi connectivity index (χ4v) is 4.58. The van der Waals surface area contributed by atoms with Crippen LogP contribution in [0.4, 0.5) is 0 Å². The summed E-state index contributed by atoms with van der Waals surface area (Å²) in [6.07, 6.45) is 4.48. The van der Waals surface area contributed by atoms with E-state index in [1.807, 2.05) is 0 Å². The molecule has 0 saturated heterocycles. The van der Waals surface area contributed by atoms with Gasteiger partial charge in [0.15, 0.2) is 0 Å². The normalized spacial score (nSPS) is 12.9. The first-order valence-electron chi connectivity index (χ1n) is 8.76. The van der Waals surface area contributed by atoms with Gasteiger partial charge >= 0.3 is 0 Å². The van der Waals surface area contributed by atoms with Crippen LogP contribution in [0.2, 0.25) is 5.02 Å². The van der Waals surface area contributed by atoms with Gasteiger partial charge in [0, 0.05) is 9.90 Å². The van der Waals surface area contributed by atoms with E-state index in [-0.39, 0.29) is 18.0 Å². The van der Waals surface area contributed by atoms with E-state index >= 15 is 0 Å². The van der Waals surface area contributed by atoms with Crippen LogP contribution in [-0.4, -0.2) is 28.6 Å². The summed E-state index contributed by atoms with van der Waals surface area (Å²) in [6.45, 7) is 0.630. The van der Waals surface area contributed by atoms with Crippen molar-refractivity contribution in [2.75, 3.05) is 13.2 Å². The zero-order valence-electron chi connectivity index (χ0n) is 14.5. The van der Waals surface area contributed by atoms with Crippen LogP contribution < -0.4 is 15.6 Å². The molecule has 1 aliphatic rings. The standard InChI is InChI=1S/C19H18ClN3O3S/c20-12-4-6-13(7-5-12)26-9-8-21-16(24)10-23-11-22-18-17(19(23)25)14-2-1-3-15(14)27-18/h4-7,11H,1-3,8-10H2,(H,21,24). The predicted octanol–water partition coefficient (Wildman–Crippen LogP) is 2.80. The minimum Gasteiger partial charge on any atom is -0.492 e. The number of nitrogens with zero attached hydrogens (tertiary/aromatic N) is 2. The lowest BCUT2D eigenvalue weighted by Gasteiger charge is -2.09. The Bertz CT molecular complexity index is 1040. The third-order valence-corrected chi connectivity index (χ3v) is 5.96. The summed E-state index contributed by atoms with van der Waals surface area (Å²) in [5.74, 6) is 0.440. The lowest BCUT2D eigenvalue weighted by atomic mass is 10.2. The molecule has 2 heterocycles. The Hall–Kier alpha value is -2.38. The lowest BCUT2D eigenvalue weighted by molar-refractivity contribution is -0.121. The molecular formula is C19H18ClN3O3S. The Balaban J connectivity index is 1.35. The number of benzene rings is 1. The van der Waals surface area contributed by atoms with Crippen LogP contribution in [0, 0.1) is 0 Å². The van der Waals surface area contributed by atoms with Crippen LogP contribution >= 0.6 is 22.9 Å². The molecule has 0 spiro atoms. The molecule has 0 bridgehead atoms. The highest BCUT2D eigenvalue weighted by molar-refractivity contribution is 7.18. The van der Waals surface area contributed by atoms with Crippen molar-refractivity contribution in [2.24, 2.45) is 0 Å². The fraction of sp³-hybridized carbons (Fsp3) is 0.316. The molecular weight excluding hydrogens is 386 g/mol. The third-order valence-electron chi connectivity index (χ3n) is 4.51. The number of fused-ring (bicyclic) bond motifs is 3. The van der Waals surface area contributed by atoms with E-state index in [1.165, 1.54) is 15.8 Å². The van der Waals surface area contributed by atoms with Gasteiger partial charge in [-0.15, -0.1) is 11.3 Å². The molecule has 1 N–H and O–H groups in total. The Kier molecular flexibility index (Phi) is 5.13. The highest BCUT2D eigenvalue weighted by Crippen LogP contribution is 2.34. The summed E-state index contributed by atoms with van der Waals surface area (Å²) >= 11 is 7.41. The van der Waals surface area contributed by atoms with E-state index < -0.39 is 0 Å². The molecule has 27 heavy (non-hydrogen) atoms. The molecule has 0 atom stereocenters. The summed E-state index contributed by atoms with van der Waals surface area (Å²) in [6, 6.07) is 7.02. The summed E-state index contributed by atoms with van der Waals surface area (Å²) in [7, 11) is 0. The SMILES string of the molecule is O=C(Cn1cnc2sc3c(c2c1=O)CCC3)NCCOc1ccc(Cl)cc1. The minimum atomic E-state index is -0.246. The molecule has 0 fully saturated rings. The van der Waals surface area contributed by atoms with Gasteiger partial charge in [-0.3, -0.25) is 14.2 Å². The van der Waals surface area contributed by atoms with Crippen molar-refractivity contribution in [3.63, 3.8) is 0 Å². The first kappa shape index (κ1) is 18.0. The average molecular weight is 404 g/mol. The molecule has 1 amide bonds. The van der Waals surface area contributed by atoms with Crippen LogP contribution in [0.3, 0.4) is 0 Å². The van der Waals surface area contributed by atoms with Crippen LogP contribution in [-0.2, 0) is 24.2 Å². The number of hydrogen-bond acceptors (Lipinski definition) is 5. The largest absolute Gasteiger partial charge is 0.492 e. The molecule has 4 rings (SSSR count). The van der Waals surface area contributed by atoms with Crippen molar-refractivity contribution in [1.29, 1.82) is 0 Å². The number of amides is 1. The first-order chi connectivity index (χ1) is 13.1. The number of hydrogen-bond donors (Lipinski definition) is 1. The van der Waals surface area contributed by atoms with Gasteiger partial charge in [0.1, 0.15) is 23.7 Å². The average Bonchev–Trinajstić information content (AvgIpc) is 3.24. The van der Waals surface area contributed by atoms with Crippen molar-refractivity contribution in [3.8, 4) is 5.75 Å². The Morgan fingerprint density at radius 1 is 1.30 bits per heavy atom. The smallest absolute Gasteiger partial charge is 0.262 e. The van der Waals surface area contributed by atoms with Crippen molar-refractivity contribution in [1.82, 2.24) is 14.9 Å². The van der Waals surface area contributed by atoms with E-state index in [2.05, 4.69) is 10.3 Å². The zero-order valence-corrected chi connectivity index (χ0v) is 16.1. The number of aromatic nitrogens is 2. The Morgan fingerprint density at radius 2 is 2.11 bits per heavy atom. The number of aryl methyl sites for hydroxylation is 2. The van der Waals surface area contributed by atoms with Crippen LogP contribution in [0.25, 0.3) is 10.2 Å². The van der Waals surface area contributed by atoms with E-state index in [0.29, 0.717) is 29.3 Å². The molecule has 0 unspecified atom stereocenters. The van der Waals surface area contributed by atoms with Crippen molar-refractivity contribution < 1.29 is 9.53 Å². The number of ether oxygens (including phenoxy) is 1.